The Bertz CT molecular complexity index is 266. The highest BCUT2D eigenvalue weighted by Crippen LogP contribution is 2.13. The number of benzene rings is 1. The van der Waals surface area contributed by atoms with Gasteiger partial charge in [-0.25, -0.2) is 0 Å². The minimum atomic E-state index is 0.719. The molecule has 1 rings (SSSR count). The van der Waals surface area contributed by atoms with Crippen LogP contribution >= 0.6 is 0 Å². The molecule has 1 aromatic rings. The summed E-state index contributed by atoms with van der Waals surface area (Å²) in [5, 5.41) is 0. The lowest BCUT2D eigenvalue weighted by atomic mass is 10.2. The quantitative estimate of drug-likeness (QED) is 0.494. The molecular formula is C12H16O. The predicted octanol–water partition coefficient (Wildman–Crippen LogP) is 3.20. The fourth-order valence-electron chi connectivity index (χ4n) is 1.12. The van der Waals surface area contributed by atoms with Gasteiger partial charge in [0.2, 0.25) is 0 Å². The van der Waals surface area contributed by atoms with Crippen LogP contribution < -0.4 is 4.74 Å². The Morgan fingerprint density at radius 3 is 3.00 bits per heavy atom. The van der Waals surface area contributed by atoms with Crippen molar-refractivity contribution in [1.82, 2.24) is 0 Å². The first-order valence-corrected chi connectivity index (χ1v) is 4.69. The molecule has 0 spiro atoms. The fraction of sp³-hybridized carbons (Fsp3) is 0.333. The monoisotopic (exact) mass is 176 g/mol. The van der Waals surface area contributed by atoms with Crippen LogP contribution in [0.5, 0.6) is 5.75 Å². The van der Waals surface area contributed by atoms with Gasteiger partial charge in [0.15, 0.2) is 0 Å². The smallest absolute Gasteiger partial charge is 0.119 e. The lowest BCUT2D eigenvalue weighted by Crippen LogP contribution is -1.95. The summed E-state index contributed by atoms with van der Waals surface area (Å²) in [7, 11) is 0. The minimum Gasteiger partial charge on any atom is -0.493 e. The van der Waals surface area contributed by atoms with Crippen molar-refractivity contribution in [2.45, 2.75) is 19.8 Å². The van der Waals surface area contributed by atoms with Crippen LogP contribution in [0.1, 0.15) is 18.9 Å². The van der Waals surface area contributed by atoms with Crippen LogP contribution in [0.2, 0.25) is 0 Å². The van der Waals surface area contributed by atoms with E-state index in [4.69, 9.17) is 4.74 Å². The van der Waals surface area contributed by atoms with E-state index in [1.54, 1.807) is 0 Å². The Morgan fingerprint density at radius 2 is 2.31 bits per heavy atom. The Hall–Kier alpha value is -1.24. The van der Waals surface area contributed by atoms with Crippen LogP contribution in [-0.2, 0) is 6.42 Å². The van der Waals surface area contributed by atoms with Gasteiger partial charge in [-0.1, -0.05) is 25.1 Å². The standard InChI is InChI=1S/C12H16O/c1-3-5-9-13-12-8-6-7-11(4-2)10-12/h3,6-8,10H,1,4-5,9H2,2H3. The Morgan fingerprint density at radius 1 is 1.46 bits per heavy atom. The van der Waals surface area contributed by atoms with Crippen LogP contribution in [0.25, 0.3) is 0 Å². The van der Waals surface area contributed by atoms with E-state index in [0.29, 0.717) is 0 Å². The van der Waals surface area contributed by atoms with Crippen LogP contribution in [0.3, 0.4) is 0 Å². The molecular weight excluding hydrogens is 160 g/mol. The second kappa shape index (κ2) is 5.41. The fourth-order valence-corrected chi connectivity index (χ4v) is 1.12. The summed E-state index contributed by atoms with van der Waals surface area (Å²) in [6, 6.07) is 8.22. The molecule has 1 heteroatoms. The molecule has 13 heavy (non-hydrogen) atoms. The molecule has 0 saturated heterocycles. The molecule has 0 heterocycles. The molecule has 0 atom stereocenters. The number of aryl methyl sites for hydroxylation is 1. The lowest BCUT2D eigenvalue weighted by molar-refractivity contribution is 0.324. The molecule has 0 fully saturated rings. The van der Waals surface area contributed by atoms with Gasteiger partial charge in [-0.05, 0) is 30.5 Å². The van der Waals surface area contributed by atoms with E-state index in [2.05, 4.69) is 25.6 Å². The number of ether oxygens (including phenoxy) is 1. The van der Waals surface area contributed by atoms with E-state index >= 15 is 0 Å². The summed E-state index contributed by atoms with van der Waals surface area (Å²) in [6.45, 7) is 6.51. The maximum absolute atomic E-state index is 5.52. The molecule has 0 saturated carbocycles. The van der Waals surface area contributed by atoms with Gasteiger partial charge in [0.1, 0.15) is 5.75 Å². The lowest BCUT2D eigenvalue weighted by Gasteiger charge is -2.05. The van der Waals surface area contributed by atoms with Crippen molar-refractivity contribution in [3.8, 4) is 5.75 Å². The van der Waals surface area contributed by atoms with Gasteiger partial charge in [-0.15, -0.1) is 6.58 Å². The first-order chi connectivity index (χ1) is 6.36. The van der Waals surface area contributed by atoms with E-state index in [0.717, 1.165) is 25.2 Å². The van der Waals surface area contributed by atoms with Gasteiger partial charge in [-0.3, -0.25) is 0 Å². The van der Waals surface area contributed by atoms with Crippen LogP contribution in [0.4, 0.5) is 0 Å². The minimum absolute atomic E-state index is 0.719. The summed E-state index contributed by atoms with van der Waals surface area (Å²) in [4.78, 5) is 0. The molecule has 0 aliphatic carbocycles. The molecule has 0 amide bonds. The highest BCUT2D eigenvalue weighted by Gasteiger charge is 1.93. The van der Waals surface area contributed by atoms with Crippen molar-refractivity contribution in [2.75, 3.05) is 6.61 Å². The molecule has 70 valence electrons. The third kappa shape index (κ3) is 3.32. The molecule has 1 aromatic carbocycles. The predicted molar refractivity (Wildman–Crippen MR) is 56.1 cm³/mol. The Balaban J connectivity index is 2.50. The molecule has 0 N–H and O–H groups in total. The molecule has 0 aromatic heterocycles. The first-order valence-electron chi connectivity index (χ1n) is 4.69. The average molecular weight is 176 g/mol. The van der Waals surface area contributed by atoms with Gasteiger partial charge >= 0.3 is 0 Å². The molecule has 0 aliphatic heterocycles. The zero-order chi connectivity index (χ0) is 9.52. The second-order valence-corrected chi connectivity index (χ2v) is 2.93. The maximum atomic E-state index is 5.52. The van der Waals surface area contributed by atoms with Crippen LogP contribution in [0, 0.1) is 0 Å². The van der Waals surface area contributed by atoms with E-state index < -0.39 is 0 Å². The third-order valence-corrected chi connectivity index (χ3v) is 1.90. The molecule has 0 bridgehead atoms. The number of hydrogen-bond donors (Lipinski definition) is 0. The first kappa shape index (κ1) is 9.85. The van der Waals surface area contributed by atoms with Crippen molar-refractivity contribution < 1.29 is 4.74 Å². The SMILES string of the molecule is C=CCCOc1cccc(CC)c1. The van der Waals surface area contributed by atoms with Crippen LogP contribution in [-0.4, -0.2) is 6.61 Å². The molecule has 0 radical (unpaired) electrons. The zero-order valence-corrected chi connectivity index (χ0v) is 8.12. The largest absolute Gasteiger partial charge is 0.493 e. The van der Waals surface area contributed by atoms with Crippen molar-refractivity contribution in [3.63, 3.8) is 0 Å². The van der Waals surface area contributed by atoms with E-state index in [1.165, 1.54) is 5.56 Å². The summed E-state index contributed by atoms with van der Waals surface area (Å²) >= 11 is 0. The van der Waals surface area contributed by atoms with Crippen molar-refractivity contribution >= 4 is 0 Å². The highest BCUT2D eigenvalue weighted by atomic mass is 16.5. The molecule has 0 aliphatic rings. The van der Waals surface area contributed by atoms with E-state index in [1.807, 2.05) is 18.2 Å². The summed E-state index contributed by atoms with van der Waals surface area (Å²) in [6.07, 6.45) is 3.82. The Labute approximate surface area is 80.0 Å². The second-order valence-electron chi connectivity index (χ2n) is 2.93. The van der Waals surface area contributed by atoms with Crippen molar-refractivity contribution in [2.24, 2.45) is 0 Å². The average Bonchev–Trinajstić information content (AvgIpc) is 2.19. The highest BCUT2D eigenvalue weighted by molar-refractivity contribution is 5.28. The van der Waals surface area contributed by atoms with E-state index in [9.17, 15) is 0 Å². The van der Waals surface area contributed by atoms with Crippen molar-refractivity contribution in [3.05, 3.63) is 42.5 Å². The van der Waals surface area contributed by atoms with Gasteiger partial charge in [0.25, 0.3) is 0 Å². The third-order valence-electron chi connectivity index (χ3n) is 1.90. The number of rotatable bonds is 5. The summed E-state index contributed by atoms with van der Waals surface area (Å²) in [5.41, 5.74) is 1.32. The molecule has 1 nitrogen and oxygen atoms in total. The van der Waals surface area contributed by atoms with E-state index in [-0.39, 0.29) is 0 Å². The van der Waals surface area contributed by atoms with Gasteiger partial charge in [0.05, 0.1) is 6.61 Å². The number of hydrogen-bond acceptors (Lipinski definition) is 1. The zero-order valence-electron chi connectivity index (χ0n) is 8.12. The maximum Gasteiger partial charge on any atom is 0.119 e. The van der Waals surface area contributed by atoms with Gasteiger partial charge in [0, 0.05) is 0 Å². The van der Waals surface area contributed by atoms with Crippen molar-refractivity contribution in [1.29, 1.82) is 0 Å². The summed E-state index contributed by atoms with van der Waals surface area (Å²) in [5.74, 6) is 0.959. The topological polar surface area (TPSA) is 9.23 Å². The molecule has 0 unspecified atom stereocenters. The summed E-state index contributed by atoms with van der Waals surface area (Å²) < 4.78 is 5.52. The van der Waals surface area contributed by atoms with Gasteiger partial charge < -0.3 is 4.74 Å². The Kier molecular flexibility index (Phi) is 4.10. The van der Waals surface area contributed by atoms with Crippen LogP contribution in [0.15, 0.2) is 36.9 Å². The van der Waals surface area contributed by atoms with Gasteiger partial charge in [-0.2, -0.15) is 0 Å². The normalized spacial score (nSPS) is 9.62.